The van der Waals surface area contributed by atoms with E-state index in [0.717, 1.165) is 25.1 Å². The molecular formula is C21H24N4. The van der Waals surface area contributed by atoms with Gasteiger partial charge in [-0.1, -0.05) is 47.5 Å². The van der Waals surface area contributed by atoms with Crippen molar-refractivity contribution in [3.8, 4) is 0 Å². The molecule has 25 heavy (non-hydrogen) atoms. The number of aromatic nitrogens is 3. The summed E-state index contributed by atoms with van der Waals surface area (Å²) in [6, 6.07) is 13.5. The first-order valence-corrected chi connectivity index (χ1v) is 8.92. The van der Waals surface area contributed by atoms with E-state index in [1.54, 1.807) is 6.33 Å². The highest BCUT2D eigenvalue weighted by Gasteiger charge is 2.42. The first-order valence-electron chi connectivity index (χ1n) is 8.92. The van der Waals surface area contributed by atoms with Gasteiger partial charge in [0, 0.05) is 0 Å². The number of benzene rings is 2. The van der Waals surface area contributed by atoms with Crippen LogP contribution in [0.15, 0.2) is 42.7 Å². The second kappa shape index (κ2) is 6.12. The second-order valence-corrected chi connectivity index (χ2v) is 7.10. The van der Waals surface area contributed by atoms with E-state index >= 15 is 0 Å². The van der Waals surface area contributed by atoms with Crippen molar-refractivity contribution in [2.24, 2.45) is 5.73 Å². The Labute approximate surface area is 148 Å². The highest BCUT2D eigenvalue weighted by Crippen LogP contribution is 2.45. The summed E-state index contributed by atoms with van der Waals surface area (Å²) in [6.07, 6.45) is 4.54. The topological polar surface area (TPSA) is 67.6 Å². The van der Waals surface area contributed by atoms with E-state index in [2.05, 4.69) is 65.4 Å². The Morgan fingerprint density at radius 1 is 1.00 bits per heavy atom. The summed E-state index contributed by atoms with van der Waals surface area (Å²) in [5, 5.41) is 8.54. The fourth-order valence-corrected chi connectivity index (χ4v) is 4.38. The maximum absolute atomic E-state index is 6.11. The van der Waals surface area contributed by atoms with Gasteiger partial charge in [0.25, 0.3) is 0 Å². The third kappa shape index (κ3) is 2.48. The molecule has 128 valence electrons. The van der Waals surface area contributed by atoms with Crippen LogP contribution in [-0.2, 0) is 18.3 Å². The van der Waals surface area contributed by atoms with Crippen LogP contribution in [-0.4, -0.2) is 21.7 Å². The summed E-state index contributed by atoms with van der Waals surface area (Å²) in [7, 11) is 0. The number of nitrogens with zero attached hydrogens (tertiary/aromatic N) is 2. The molecule has 3 aromatic rings. The molecule has 0 spiro atoms. The van der Waals surface area contributed by atoms with Crippen LogP contribution in [0.5, 0.6) is 0 Å². The number of aromatic amines is 1. The standard InChI is InChI=1S/C21H24N4/c1-14-3-7-18-16(11-14)5-6-17-12-15(2)4-8-19(17)21(18,9-10-22)20-23-13-24-25-20/h3-4,7-8,11-13H,5-6,9-10,22H2,1-2H3,(H,23,24,25). The lowest BCUT2D eigenvalue weighted by atomic mass is 9.69. The molecule has 0 fully saturated rings. The Balaban J connectivity index is 2.09. The predicted octanol–water partition coefficient (Wildman–Crippen LogP) is 3.20. The molecule has 0 bridgehead atoms. The van der Waals surface area contributed by atoms with Gasteiger partial charge in [0.2, 0.25) is 0 Å². The van der Waals surface area contributed by atoms with Crippen LogP contribution < -0.4 is 5.73 Å². The second-order valence-electron chi connectivity index (χ2n) is 7.10. The molecular weight excluding hydrogens is 308 g/mol. The predicted molar refractivity (Wildman–Crippen MR) is 99.7 cm³/mol. The van der Waals surface area contributed by atoms with Gasteiger partial charge in [-0.15, -0.1) is 10.2 Å². The molecule has 4 rings (SSSR count). The number of hydrogen-bond donors (Lipinski definition) is 2. The number of hydrogen-bond acceptors (Lipinski definition) is 3. The first kappa shape index (κ1) is 16.0. The average molecular weight is 332 g/mol. The zero-order valence-corrected chi connectivity index (χ0v) is 14.8. The molecule has 3 N–H and O–H groups in total. The third-order valence-electron chi connectivity index (χ3n) is 5.45. The summed E-state index contributed by atoms with van der Waals surface area (Å²) in [4.78, 5) is 3.29. The van der Waals surface area contributed by atoms with Gasteiger partial charge in [-0.25, -0.2) is 0 Å². The van der Waals surface area contributed by atoms with Crippen LogP contribution in [0.2, 0.25) is 0 Å². The van der Waals surface area contributed by atoms with Crippen molar-refractivity contribution >= 4 is 0 Å². The van der Waals surface area contributed by atoms with E-state index in [1.165, 1.54) is 33.4 Å². The monoisotopic (exact) mass is 332 g/mol. The number of nitrogens with one attached hydrogen (secondary N) is 1. The molecule has 0 saturated heterocycles. The van der Waals surface area contributed by atoms with Gasteiger partial charge in [-0.3, -0.25) is 0 Å². The smallest absolute Gasteiger partial charge is 0.145 e. The van der Waals surface area contributed by atoms with Crippen molar-refractivity contribution < 1.29 is 0 Å². The minimum Gasteiger partial charge on any atom is -0.331 e. The fraction of sp³-hybridized carbons (Fsp3) is 0.333. The van der Waals surface area contributed by atoms with Gasteiger partial charge in [0.05, 0.1) is 5.41 Å². The molecule has 1 heterocycles. The Morgan fingerprint density at radius 2 is 1.60 bits per heavy atom. The average Bonchev–Trinajstić information content (AvgIpc) is 3.10. The molecule has 0 amide bonds. The lowest BCUT2D eigenvalue weighted by Crippen LogP contribution is -2.34. The molecule has 1 aromatic heterocycles. The van der Waals surface area contributed by atoms with Gasteiger partial charge in [-0.05, 0) is 61.9 Å². The minimum atomic E-state index is -0.367. The van der Waals surface area contributed by atoms with Crippen LogP contribution in [0, 0.1) is 13.8 Å². The van der Waals surface area contributed by atoms with Crippen molar-refractivity contribution in [2.45, 2.75) is 38.5 Å². The van der Waals surface area contributed by atoms with Crippen molar-refractivity contribution in [2.75, 3.05) is 6.54 Å². The van der Waals surface area contributed by atoms with Crippen molar-refractivity contribution in [3.63, 3.8) is 0 Å². The van der Waals surface area contributed by atoms with Crippen LogP contribution in [0.25, 0.3) is 0 Å². The van der Waals surface area contributed by atoms with Crippen molar-refractivity contribution in [1.29, 1.82) is 0 Å². The lowest BCUT2D eigenvalue weighted by Gasteiger charge is -2.34. The van der Waals surface area contributed by atoms with Gasteiger partial charge >= 0.3 is 0 Å². The van der Waals surface area contributed by atoms with E-state index in [4.69, 9.17) is 5.73 Å². The van der Waals surface area contributed by atoms with Crippen molar-refractivity contribution in [1.82, 2.24) is 15.2 Å². The van der Waals surface area contributed by atoms with E-state index in [-0.39, 0.29) is 5.41 Å². The zero-order chi connectivity index (χ0) is 17.4. The first-order chi connectivity index (χ1) is 12.1. The molecule has 4 heteroatoms. The maximum Gasteiger partial charge on any atom is 0.145 e. The summed E-state index contributed by atoms with van der Waals surface area (Å²) >= 11 is 0. The summed E-state index contributed by atoms with van der Waals surface area (Å²) in [6.45, 7) is 4.89. The van der Waals surface area contributed by atoms with Crippen LogP contribution >= 0.6 is 0 Å². The van der Waals surface area contributed by atoms with Gasteiger partial charge in [0.15, 0.2) is 0 Å². The Kier molecular flexibility index (Phi) is 3.92. The molecule has 1 aliphatic rings. The highest BCUT2D eigenvalue weighted by molar-refractivity contribution is 5.55. The molecule has 0 unspecified atom stereocenters. The molecule has 0 aliphatic heterocycles. The van der Waals surface area contributed by atoms with Crippen LogP contribution in [0.3, 0.4) is 0 Å². The normalized spacial score (nSPS) is 15.3. The molecule has 0 atom stereocenters. The maximum atomic E-state index is 6.11. The van der Waals surface area contributed by atoms with E-state index in [1.807, 2.05) is 0 Å². The Hall–Kier alpha value is -2.46. The van der Waals surface area contributed by atoms with Gasteiger partial charge in [0.1, 0.15) is 12.2 Å². The van der Waals surface area contributed by atoms with Crippen LogP contribution in [0.1, 0.15) is 45.6 Å². The molecule has 4 nitrogen and oxygen atoms in total. The Morgan fingerprint density at radius 3 is 2.08 bits per heavy atom. The van der Waals surface area contributed by atoms with E-state index in [0.29, 0.717) is 6.54 Å². The molecule has 0 radical (unpaired) electrons. The number of nitrogens with two attached hydrogens (primary N) is 1. The van der Waals surface area contributed by atoms with Gasteiger partial charge in [-0.2, -0.15) is 0 Å². The summed E-state index contributed by atoms with van der Waals surface area (Å²) in [5.41, 5.74) is 13.7. The summed E-state index contributed by atoms with van der Waals surface area (Å²) < 4.78 is 0. The third-order valence-corrected chi connectivity index (χ3v) is 5.45. The highest BCUT2D eigenvalue weighted by atomic mass is 15.2. The molecule has 2 aromatic carbocycles. The SMILES string of the molecule is Cc1ccc2c(c1)CCc1cc(C)ccc1C2(CCN)c1nnc[nH]1. The number of rotatable bonds is 3. The number of H-pyrrole nitrogens is 1. The molecule has 1 aliphatic carbocycles. The number of aryl methyl sites for hydroxylation is 4. The minimum absolute atomic E-state index is 0.367. The van der Waals surface area contributed by atoms with Crippen LogP contribution in [0.4, 0.5) is 0 Å². The molecule has 0 saturated carbocycles. The Bertz CT molecular complexity index is 843. The quantitative estimate of drug-likeness (QED) is 0.774. The lowest BCUT2D eigenvalue weighted by molar-refractivity contribution is 0.532. The van der Waals surface area contributed by atoms with E-state index < -0.39 is 0 Å². The van der Waals surface area contributed by atoms with Gasteiger partial charge < -0.3 is 10.7 Å². The summed E-state index contributed by atoms with van der Waals surface area (Å²) in [5.74, 6) is 0.884. The number of fused-ring (bicyclic) bond motifs is 2. The van der Waals surface area contributed by atoms with E-state index in [9.17, 15) is 0 Å². The zero-order valence-electron chi connectivity index (χ0n) is 14.8. The van der Waals surface area contributed by atoms with Crippen molar-refractivity contribution in [3.05, 3.63) is 81.9 Å². The largest absolute Gasteiger partial charge is 0.331 e. The fourth-order valence-electron chi connectivity index (χ4n) is 4.38.